The van der Waals surface area contributed by atoms with E-state index in [1.165, 1.54) is 29.5 Å². The third-order valence-corrected chi connectivity index (χ3v) is 5.55. The number of likely N-dealkylation sites (tertiary alicyclic amines) is 1. The summed E-state index contributed by atoms with van der Waals surface area (Å²) in [5.74, 6) is 0. The number of H-pyrrole nitrogens is 1. The van der Waals surface area contributed by atoms with Crippen molar-refractivity contribution in [1.82, 2.24) is 20.0 Å². The lowest BCUT2D eigenvalue weighted by Gasteiger charge is -2.37. The second kappa shape index (κ2) is 8.51. The van der Waals surface area contributed by atoms with Gasteiger partial charge in [0.25, 0.3) is 0 Å². The maximum Gasteiger partial charge on any atom is 0.0695 e. The molecular weight excluding hydrogens is 332 g/mol. The SMILES string of the molecule is CN(Cc1ccccc1)C1CCCN(Cc2cn[nH]c2-c2ccccc2)C1. The van der Waals surface area contributed by atoms with Crippen LogP contribution in [0.4, 0.5) is 0 Å². The fraction of sp³-hybridized carbons (Fsp3) is 0.348. The first-order valence-corrected chi connectivity index (χ1v) is 9.84. The van der Waals surface area contributed by atoms with Gasteiger partial charge in [-0.1, -0.05) is 60.7 Å². The number of benzene rings is 2. The lowest BCUT2D eigenvalue weighted by Crippen LogP contribution is -2.45. The van der Waals surface area contributed by atoms with Crippen molar-refractivity contribution in [3.05, 3.63) is 78.0 Å². The van der Waals surface area contributed by atoms with Crippen LogP contribution in [0.15, 0.2) is 66.9 Å². The number of aromatic nitrogens is 2. The maximum absolute atomic E-state index is 4.31. The highest BCUT2D eigenvalue weighted by molar-refractivity contribution is 5.62. The van der Waals surface area contributed by atoms with E-state index in [1.807, 2.05) is 6.20 Å². The molecule has 4 heteroatoms. The van der Waals surface area contributed by atoms with Gasteiger partial charge < -0.3 is 0 Å². The third kappa shape index (κ3) is 4.46. The van der Waals surface area contributed by atoms with Crippen molar-refractivity contribution in [2.75, 3.05) is 20.1 Å². The Labute approximate surface area is 161 Å². The topological polar surface area (TPSA) is 35.2 Å². The van der Waals surface area contributed by atoms with Crippen LogP contribution in [0.25, 0.3) is 11.3 Å². The molecule has 1 fully saturated rings. The molecule has 0 saturated carbocycles. The van der Waals surface area contributed by atoms with Gasteiger partial charge in [0.2, 0.25) is 0 Å². The average molecular weight is 361 g/mol. The van der Waals surface area contributed by atoms with Crippen molar-refractivity contribution < 1.29 is 0 Å². The number of rotatable bonds is 6. The molecule has 27 heavy (non-hydrogen) atoms. The molecule has 0 aliphatic carbocycles. The number of nitrogens with one attached hydrogen (secondary N) is 1. The van der Waals surface area contributed by atoms with Gasteiger partial charge in [-0.3, -0.25) is 14.9 Å². The Kier molecular flexibility index (Phi) is 5.66. The van der Waals surface area contributed by atoms with Crippen LogP contribution in [-0.2, 0) is 13.1 Å². The summed E-state index contributed by atoms with van der Waals surface area (Å²) in [4.78, 5) is 5.09. The van der Waals surface area contributed by atoms with Gasteiger partial charge in [-0.25, -0.2) is 0 Å². The second-order valence-electron chi connectivity index (χ2n) is 7.57. The van der Waals surface area contributed by atoms with Gasteiger partial charge in [-0.15, -0.1) is 0 Å². The van der Waals surface area contributed by atoms with E-state index in [1.54, 1.807) is 0 Å². The van der Waals surface area contributed by atoms with Crippen molar-refractivity contribution in [2.24, 2.45) is 0 Å². The van der Waals surface area contributed by atoms with E-state index in [0.29, 0.717) is 6.04 Å². The molecule has 3 aromatic rings. The summed E-state index contributed by atoms with van der Waals surface area (Å²) in [6, 6.07) is 21.9. The normalized spacial score (nSPS) is 18.1. The predicted octanol–water partition coefficient (Wildman–Crippen LogP) is 4.17. The van der Waals surface area contributed by atoms with Crippen LogP contribution < -0.4 is 0 Å². The Morgan fingerprint density at radius 3 is 2.59 bits per heavy atom. The monoisotopic (exact) mass is 360 g/mol. The molecule has 1 saturated heterocycles. The third-order valence-electron chi connectivity index (χ3n) is 5.55. The minimum Gasteiger partial charge on any atom is -0.298 e. The van der Waals surface area contributed by atoms with Crippen LogP contribution >= 0.6 is 0 Å². The summed E-state index contributed by atoms with van der Waals surface area (Å²) >= 11 is 0. The van der Waals surface area contributed by atoms with Gasteiger partial charge >= 0.3 is 0 Å². The smallest absolute Gasteiger partial charge is 0.0695 e. The quantitative estimate of drug-likeness (QED) is 0.716. The van der Waals surface area contributed by atoms with Crippen molar-refractivity contribution in [3.63, 3.8) is 0 Å². The average Bonchev–Trinajstić information content (AvgIpc) is 3.18. The Hall–Kier alpha value is -2.43. The fourth-order valence-electron chi connectivity index (χ4n) is 4.06. The van der Waals surface area contributed by atoms with Crippen molar-refractivity contribution in [3.8, 4) is 11.3 Å². The summed E-state index contributed by atoms with van der Waals surface area (Å²) in [5, 5.41) is 7.50. The molecule has 140 valence electrons. The predicted molar refractivity (Wildman–Crippen MR) is 110 cm³/mol. The van der Waals surface area contributed by atoms with E-state index in [-0.39, 0.29) is 0 Å². The summed E-state index contributed by atoms with van der Waals surface area (Å²) in [6.07, 6.45) is 4.51. The highest BCUT2D eigenvalue weighted by atomic mass is 15.2. The van der Waals surface area contributed by atoms with Gasteiger partial charge in [-0.05, 0) is 37.6 Å². The molecule has 1 aliphatic rings. The molecule has 1 unspecified atom stereocenters. The zero-order chi connectivity index (χ0) is 18.5. The first-order chi connectivity index (χ1) is 13.3. The number of nitrogens with zero attached hydrogens (tertiary/aromatic N) is 3. The standard InChI is InChI=1S/C23H28N4/c1-26(16-19-9-4-2-5-10-19)22-13-8-14-27(18-22)17-21-15-24-25-23(21)20-11-6-3-7-12-20/h2-7,9-12,15,22H,8,13-14,16-18H2,1H3,(H,24,25). The van der Waals surface area contributed by atoms with Crippen molar-refractivity contribution in [1.29, 1.82) is 0 Å². The highest BCUT2D eigenvalue weighted by Gasteiger charge is 2.24. The fourth-order valence-corrected chi connectivity index (χ4v) is 4.06. The molecule has 0 radical (unpaired) electrons. The molecule has 2 heterocycles. The molecule has 1 aliphatic heterocycles. The van der Waals surface area contributed by atoms with Gasteiger partial charge in [-0.2, -0.15) is 5.10 Å². The summed E-state index contributed by atoms with van der Waals surface area (Å²) in [7, 11) is 2.26. The number of piperidine rings is 1. The van der Waals surface area contributed by atoms with Crippen molar-refractivity contribution >= 4 is 0 Å². The largest absolute Gasteiger partial charge is 0.298 e. The number of hydrogen-bond donors (Lipinski definition) is 1. The Balaban J connectivity index is 1.40. The second-order valence-corrected chi connectivity index (χ2v) is 7.57. The molecular formula is C23H28N4. The number of likely N-dealkylation sites (N-methyl/N-ethyl adjacent to an activating group) is 1. The van der Waals surface area contributed by atoms with E-state index in [9.17, 15) is 0 Å². The minimum absolute atomic E-state index is 0.603. The molecule has 2 aromatic carbocycles. The molecule has 4 rings (SSSR count). The number of hydrogen-bond acceptors (Lipinski definition) is 3. The van der Waals surface area contributed by atoms with Crippen LogP contribution in [0.2, 0.25) is 0 Å². The van der Waals surface area contributed by atoms with E-state index in [2.05, 4.69) is 87.7 Å². The van der Waals surface area contributed by atoms with Gasteiger partial charge in [0.1, 0.15) is 0 Å². The molecule has 0 spiro atoms. The lowest BCUT2D eigenvalue weighted by atomic mass is 10.0. The molecule has 1 N–H and O–H groups in total. The number of aromatic amines is 1. The van der Waals surface area contributed by atoms with Crippen molar-refractivity contribution in [2.45, 2.75) is 32.0 Å². The molecule has 1 atom stereocenters. The highest BCUT2D eigenvalue weighted by Crippen LogP contribution is 2.24. The van der Waals surface area contributed by atoms with Gasteiger partial charge in [0.05, 0.1) is 11.9 Å². The molecule has 4 nitrogen and oxygen atoms in total. The molecule has 0 bridgehead atoms. The zero-order valence-electron chi connectivity index (χ0n) is 16.0. The van der Waals surface area contributed by atoms with E-state index < -0.39 is 0 Å². The summed E-state index contributed by atoms with van der Waals surface area (Å²) in [5.41, 5.74) is 5.03. The van der Waals surface area contributed by atoms with Crippen LogP contribution in [-0.4, -0.2) is 46.2 Å². The first kappa shape index (κ1) is 18.0. The van der Waals surface area contributed by atoms with Crippen LogP contribution in [0.1, 0.15) is 24.0 Å². The van der Waals surface area contributed by atoms with Crippen LogP contribution in [0.5, 0.6) is 0 Å². The van der Waals surface area contributed by atoms with Gasteiger partial charge in [0.15, 0.2) is 0 Å². The van der Waals surface area contributed by atoms with E-state index in [0.717, 1.165) is 31.9 Å². The Morgan fingerprint density at radius 2 is 1.81 bits per heavy atom. The lowest BCUT2D eigenvalue weighted by molar-refractivity contribution is 0.107. The summed E-state index contributed by atoms with van der Waals surface area (Å²) in [6.45, 7) is 4.24. The minimum atomic E-state index is 0.603. The Bertz CT molecular complexity index is 828. The Morgan fingerprint density at radius 1 is 1.07 bits per heavy atom. The van der Waals surface area contributed by atoms with Crippen LogP contribution in [0.3, 0.4) is 0 Å². The molecule has 1 aromatic heterocycles. The zero-order valence-corrected chi connectivity index (χ0v) is 16.0. The van der Waals surface area contributed by atoms with Gasteiger partial charge in [0, 0.05) is 31.2 Å². The summed E-state index contributed by atoms with van der Waals surface area (Å²) < 4.78 is 0. The first-order valence-electron chi connectivity index (χ1n) is 9.84. The maximum atomic E-state index is 4.31. The molecule has 0 amide bonds. The van der Waals surface area contributed by atoms with E-state index >= 15 is 0 Å². The van der Waals surface area contributed by atoms with Crippen LogP contribution in [0, 0.1) is 0 Å². The van der Waals surface area contributed by atoms with E-state index in [4.69, 9.17) is 0 Å².